The second-order valence-electron chi connectivity index (χ2n) is 6.16. The summed E-state index contributed by atoms with van der Waals surface area (Å²) in [4.78, 5) is 25.4. The zero-order valence-electron chi connectivity index (χ0n) is 15.7. The van der Waals surface area contributed by atoms with E-state index in [4.69, 9.17) is 14.2 Å². The van der Waals surface area contributed by atoms with Gasteiger partial charge in [0, 0.05) is 13.5 Å². The Bertz CT molecular complexity index is 656. The standard InChI is InChI=1S/C20H27NO5/c1-4-25-20(23)17-9-5-6-12-21(17)13-7-8-16-10-11-18(26-15(2)22)19(14-16)24-3/h7-8,10-11,14,17H,4-6,9,12-13H2,1-3H3/b8-7+. The first kappa shape index (κ1) is 20.0. The molecule has 26 heavy (non-hydrogen) atoms. The minimum absolute atomic E-state index is 0.131. The summed E-state index contributed by atoms with van der Waals surface area (Å²) < 4.78 is 15.6. The summed E-state index contributed by atoms with van der Waals surface area (Å²) in [6.45, 7) is 5.16. The summed E-state index contributed by atoms with van der Waals surface area (Å²) in [5.41, 5.74) is 0.933. The van der Waals surface area contributed by atoms with Gasteiger partial charge in [-0.15, -0.1) is 0 Å². The Labute approximate surface area is 154 Å². The average Bonchev–Trinajstić information content (AvgIpc) is 2.63. The minimum Gasteiger partial charge on any atom is -0.493 e. The molecule has 1 aliphatic rings. The third kappa shape index (κ3) is 5.59. The third-order valence-corrected chi connectivity index (χ3v) is 4.26. The first-order chi connectivity index (χ1) is 12.5. The zero-order valence-corrected chi connectivity index (χ0v) is 15.7. The van der Waals surface area contributed by atoms with Gasteiger partial charge in [0.2, 0.25) is 0 Å². The molecule has 6 nitrogen and oxygen atoms in total. The fourth-order valence-corrected chi connectivity index (χ4v) is 3.07. The second-order valence-corrected chi connectivity index (χ2v) is 6.16. The highest BCUT2D eigenvalue weighted by Gasteiger charge is 2.28. The molecule has 0 aliphatic carbocycles. The van der Waals surface area contributed by atoms with Gasteiger partial charge < -0.3 is 14.2 Å². The van der Waals surface area contributed by atoms with Gasteiger partial charge in [-0.25, -0.2) is 0 Å². The molecule has 0 N–H and O–H groups in total. The summed E-state index contributed by atoms with van der Waals surface area (Å²) in [6, 6.07) is 5.22. The number of piperidine rings is 1. The van der Waals surface area contributed by atoms with Crippen molar-refractivity contribution in [3.8, 4) is 11.5 Å². The Morgan fingerprint density at radius 2 is 2.08 bits per heavy atom. The van der Waals surface area contributed by atoms with Gasteiger partial charge in [-0.05, 0) is 44.0 Å². The Balaban J connectivity index is 2.02. The molecule has 6 heteroatoms. The third-order valence-electron chi connectivity index (χ3n) is 4.26. The lowest BCUT2D eigenvalue weighted by molar-refractivity contribution is -0.150. The quantitative estimate of drug-likeness (QED) is 0.549. The van der Waals surface area contributed by atoms with Gasteiger partial charge in [-0.1, -0.05) is 24.6 Å². The molecule has 142 valence electrons. The molecular weight excluding hydrogens is 334 g/mol. The fraction of sp³-hybridized carbons (Fsp3) is 0.500. The van der Waals surface area contributed by atoms with Crippen LogP contribution in [0, 0.1) is 0 Å². The largest absolute Gasteiger partial charge is 0.493 e. The van der Waals surface area contributed by atoms with Crippen molar-refractivity contribution in [1.29, 1.82) is 0 Å². The summed E-state index contributed by atoms with van der Waals surface area (Å²) in [5, 5.41) is 0. The van der Waals surface area contributed by atoms with Crippen LogP contribution in [0.1, 0.15) is 38.7 Å². The first-order valence-electron chi connectivity index (χ1n) is 8.98. The predicted octanol–water partition coefficient (Wildman–Crippen LogP) is 3.05. The van der Waals surface area contributed by atoms with Crippen LogP contribution >= 0.6 is 0 Å². The SMILES string of the molecule is CCOC(=O)C1CCCCN1C/C=C/c1ccc(OC(C)=O)c(OC)c1. The van der Waals surface area contributed by atoms with Crippen LogP contribution in [-0.2, 0) is 14.3 Å². The number of esters is 2. The maximum absolute atomic E-state index is 12.1. The van der Waals surface area contributed by atoms with Crippen molar-refractivity contribution in [1.82, 2.24) is 4.90 Å². The summed E-state index contributed by atoms with van der Waals surface area (Å²) in [7, 11) is 1.54. The predicted molar refractivity (Wildman–Crippen MR) is 99.2 cm³/mol. The molecular formula is C20H27NO5. The number of ether oxygens (including phenoxy) is 3. The molecule has 0 radical (unpaired) electrons. The highest BCUT2D eigenvalue weighted by Crippen LogP contribution is 2.28. The molecule has 0 spiro atoms. The molecule has 0 saturated carbocycles. The summed E-state index contributed by atoms with van der Waals surface area (Å²) in [5.74, 6) is 0.384. The number of likely N-dealkylation sites (tertiary alicyclic amines) is 1. The van der Waals surface area contributed by atoms with Crippen LogP contribution in [0.4, 0.5) is 0 Å². The molecule has 1 aliphatic heterocycles. The minimum atomic E-state index is -0.387. The van der Waals surface area contributed by atoms with Gasteiger partial charge in [-0.3, -0.25) is 14.5 Å². The number of carbonyl (C=O) groups excluding carboxylic acids is 2. The van der Waals surface area contributed by atoms with Crippen molar-refractivity contribution in [3.05, 3.63) is 29.8 Å². The van der Waals surface area contributed by atoms with Crippen molar-refractivity contribution in [2.75, 3.05) is 26.8 Å². The monoisotopic (exact) mass is 361 g/mol. The molecule has 0 aromatic heterocycles. The lowest BCUT2D eigenvalue weighted by Crippen LogP contribution is -2.45. The van der Waals surface area contributed by atoms with Crippen molar-refractivity contribution in [2.45, 2.75) is 39.2 Å². The number of hydrogen-bond acceptors (Lipinski definition) is 6. The molecule has 1 aromatic carbocycles. The van der Waals surface area contributed by atoms with E-state index in [0.717, 1.165) is 31.4 Å². The van der Waals surface area contributed by atoms with E-state index in [9.17, 15) is 9.59 Å². The number of rotatable bonds is 7. The summed E-state index contributed by atoms with van der Waals surface area (Å²) >= 11 is 0. The molecule has 0 amide bonds. The molecule has 2 rings (SSSR count). The van der Waals surface area contributed by atoms with E-state index >= 15 is 0 Å². The normalized spacial score (nSPS) is 17.9. The van der Waals surface area contributed by atoms with Crippen molar-refractivity contribution in [3.63, 3.8) is 0 Å². The van der Waals surface area contributed by atoms with E-state index in [1.165, 1.54) is 14.0 Å². The Morgan fingerprint density at radius 1 is 1.27 bits per heavy atom. The molecule has 1 atom stereocenters. The lowest BCUT2D eigenvalue weighted by Gasteiger charge is -2.33. The number of benzene rings is 1. The van der Waals surface area contributed by atoms with Crippen molar-refractivity contribution < 1.29 is 23.8 Å². The Morgan fingerprint density at radius 3 is 2.77 bits per heavy atom. The van der Waals surface area contributed by atoms with E-state index in [1.807, 2.05) is 31.2 Å². The number of methoxy groups -OCH3 is 1. The van der Waals surface area contributed by atoms with E-state index in [-0.39, 0.29) is 18.0 Å². The van der Waals surface area contributed by atoms with Crippen LogP contribution in [0.25, 0.3) is 6.08 Å². The van der Waals surface area contributed by atoms with E-state index in [0.29, 0.717) is 24.7 Å². The summed E-state index contributed by atoms with van der Waals surface area (Å²) in [6.07, 6.45) is 6.99. The van der Waals surface area contributed by atoms with Gasteiger partial charge in [-0.2, -0.15) is 0 Å². The zero-order chi connectivity index (χ0) is 18.9. The van der Waals surface area contributed by atoms with E-state index < -0.39 is 0 Å². The maximum atomic E-state index is 12.1. The van der Waals surface area contributed by atoms with E-state index in [1.54, 1.807) is 6.07 Å². The lowest BCUT2D eigenvalue weighted by atomic mass is 10.0. The van der Waals surface area contributed by atoms with Crippen LogP contribution in [0.15, 0.2) is 24.3 Å². The second kappa shape index (κ2) is 9.97. The van der Waals surface area contributed by atoms with Crippen LogP contribution in [0.3, 0.4) is 0 Å². The molecule has 1 unspecified atom stereocenters. The van der Waals surface area contributed by atoms with Crippen LogP contribution in [0.5, 0.6) is 11.5 Å². The first-order valence-corrected chi connectivity index (χ1v) is 8.98. The van der Waals surface area contributed by atoms with Crippen LogP contribution in [-0.4, -0.2) is 49.7 Å². The van der Waals surface area contributed by atoms with Gasteiger partial charge in [0.15, 0.2) is 11.5 Å². The number of nitrogens with zero attached hydrogens (tertiary/aromatic N) is 1. The molecule has 1 aromatic rings. The van der Waals surface area contributed by atoms with Gasteiger partial charge in [0.1, 0.15) is 6.04 Å². The highest BCUT2D eigenvalue weighted by molar-refractivity contribution is 5.76. The Hall–Kier alpha value is -2.34. The Kier molecular flexibility index (Phi) is 7.66. The van der Waals surface area contributed by atoms with Crippen LogP contribution in [0.2, 0.25) is 0 Å². The molecule has 1 fully saturated rings. The van der Waals surface area contributed by atoms with Gasteiger partial charge in [0.05, 0.1) is 13.7 Å². The smallest absolute Gasteiger partial charge is 0.323 e. The van der Waals surface area contributed by atoms with Crippen molar-refractivity contribution >= 4 is 18.0 Å². The van der Waals surface area contributed by atoms with Gasteiger partial charge >= 0.3 is 11.9 Å². The fourth-order valence-electron chi connectivity index (χ4n) is 3.07. The van der Waals surface area contributed by atoms with Crippen LogP contribution < -0.4 is 9.47 Å². The van der Waals surface area contributed by atoms with Crippen molar-refractivity contribution in [2.24, 2.45) is 0 Å². The number of carbonyl (C=O) groups is 2. The highest BCUT2D eigenvalue weighted by atomic mass is 16.6. The maximum Gasteiger partial charge on any atom is 0.323 e. The molecule has 0 bridgehead atoms. The molecule has 1 saturated heterocycles. The average molecular weight is 361 g/mol. The van der Waals surface area contributed by atoms with E-state index in [2.05, 4.69) is 4.90 Å². The topological polar surface area (TPSA) is 65.1 Å². The molecule has 1 heterocycles. The number of hydrogen-bond donors (Lipinski definition) is 0. The van der Waals surface area contributed by atoms with Gasteiger partial charge in [0.25, 0.3) is 0 Å².